The standard InChI is InChI=1S/C15H10Cl3N3O3S/c1-21(5-9-19-8-2-3-25-13(8)14(23)20-9)15(24)10-11(18)6(16)4-7(17)12(10)22/h2-4,22H,5H2,1H3,(H,19,20,23). The normalized spacial score (nSPS) is 11.0. The maximum atomic E-state index is 12.6. The van der Waals surface area contributed by atoms with Crippen molar-refractivity contribution >= 4 is 62.3 Å². The maximum absolute atomic E-state index is 12.6. The van der Waals surface area contributed by atoms with Gasteiger partial charge in [0.2, 0.25) is 0 Å². The van der Waals surface area contributed by atoms with Crippen molar-refractivity contribution in [2.24, 2.45) is 0 Å². The number of hydrogen-bond donors (Lipinski definition) is 2. The number of aromatic nitrogens is 2. The summed E-state index contributed by atoms with van der Waals surface area (Å²) in [6.07, 6.45) is 0. The third kappa shape index (κ3) is 3.32. The molecule has 3 aromatic rings. The van der Waals surface area contributed by atoms with Crippen molar-refractivity contribution in [2.75, 3.05) is 7.05 Å². The van der Waals surface area contributed by atoms with Crippen LogP contribution in [0.3, 0.4) is 0 Å². The summed E-state index contributed by atoms with van der Waals surface area (Å²) in [4.78, 5) is 32.8. The number of thiophene rings is 1. The zero-order valence-electron chi connectivity index (χ0n) is 12.6. The Bertz CT molecular complexity index is 1020. The van der Waals surface area contributed by atoms with E-state index in [0.29, 0.717) is 16.0 Å². The molecule has 0 aliphatic heterocycles. The predicted molar refractivity (Wildman–Crippen MR) is 99.2 cm³/mol. The van der Waals surface area contributed by atoms with Gasteiger partial charge in [-0.15, -0.1) is 11.3 Å². The number of hydrogen-bond acceptors (Lipinski definition) is 5. The smallest absolute Gasteiger partial charge is 0.268 e. The van der Waals surface area contributed by atoms with Gasteiger partial charge in [0.25, 0.3) is 11.5 Å². The fourth-order valence-corrected chi connectivity index (χ4v) is 3.68. The number of carbonyl (C=O) groups excluding carboxylic acids is 1. The average molecular weight is 419 g/mol. The first kappa shape index (κ1) is 18.0. The molecule has 0 aliphatic carbocycles. The number of nitrogens with one attached hydrogen (secondary N) is 1. The number of aromatic hydroxyl groups is 1. The molecule has 0 radical (unpaired) electrons. The van der Waals surface area contributed by atoms with Gasteiger partial charge in [0.15, 0.2) is 0 Å². The molecule has 0 aliphatic rings. The highest BCUT2D eigenvalue weighted by Crippen LogP contribution is 2.39. The first-order chi connectivity index (χ1) is 11.8. The lowest BCUT2D eigenvalue weighted by Gasteiger charge is -2.19. The number of H-pyrrole nitrogens is 1. The topological polar surface area (TPSA) is 86.3 Å². The summed E-state index contributed by atoms with van der Waals surface area (Å²) in [5.74, 6) is -0.766. The Balaban J connectivity index is 1.94. The number of nitrogens with zero attached hydrogens (tertiary/aromatic N) is 2. The van der Waals surface area contributed by atoms with Crippen LogP contribution in [0.4, 0.5) is 0 Å². The quantitative estimate of drug-likeness (QED) is 0.631. The van der Waals surface area contributed by atoms with Crippen LogP contribution in [-0.2, 0) is 6.54 Å². The average Bonchev–Trinajstić information content (AvgIpc) is 3.02. The van der Waals surface area contributed by atoms with Gasteiger partial charge < -0.3 is 15.0 Å². The second-order valence-corrected chi connectivity index (χ2v) is 7.30. The van der Waals surface area contributed by atoms with Crippen LogP contribution in [0.1, 0.15) is 16.2 Å². The summed E-state index contributed by atoms with van der Waals surface area (Å²) in [5.41, 5.74) is 0.0689. The van der Waals surface area contributed by atoms with Crippen molar-refractivity contribution in [2.45, 2.75) is 6.54 Å². The predicted octanol–water partition coefficient (Wildman–Crippen LogP) is 3.92. The number of carbonyl (C=O) groups is 1. The van der Waals surface area contributed by atoms with Crippen molar-refractivity contribution in [1.82, 2.24) is 14.9 Å². The van der Waals surface area contributed by atoms with Crippen molar-refractivity contribution in [3.63, 3.8) is 0 Å². The van der Waals surface area contributed by atoms with Crippen LogP contribution in [-0.4, -0.2) is 32.9 Å². The van der Waals surface area contributed by atoms with Crippen LogP contribution in [0.2, 0.25) is 15.1 Å². The van der Waals surface area contributed by atoms with Crippen molar-refractivity contribution < 1.29 is 9.90 Å². The van der Waals surface area contributed by atoms with E-state index in [1.807, 2.05) is 0 Å². The minimum absolute atomic E-state index is 0.000237. The van der Waals surface area contributed by atoms with Gasteiger partial charge in [0, 0.05) is 7.05 Å². The van der Waals surface area contributed by atoms with Gasteiger partial charge in [-0.2, -0.15) is 0 Å². The molecule has 0 atom stereocenters. The number of rotatable bonds is 3. The van der Waals surface area contributed by atoms with Crippen LogP contribution in [0.25, 0.3) is 10.2 Å². The Hall–Kier alpha value is -1.80. The van der Waals surface area contributed by atoms with E-state index in [-0.39, 0.29) is 32.7 Å². The van der Waals surface area contributed by atoms with Crippen molar-refractivity contribution in [1.29, 1.82) is 0 Å². The Morgan fingerprint density at radius 1 is 1.36 bits per heavy atom. The Labute approximate surface area is 160 Å². The second-order valence-electron chi connectivity index (χ2n) is 5.19. The van der Waals surface area contributed by atoms with E-state index in [2.05, 4.69) is 9.97 Å². The lowest BCUT2D eigenvalue weighted by atomic mass is 10.1. The summed E-state index contributed by atoms with van der Waals surface area (Å²) in [7, 11) is 1.48. The van der Waals surface area contributed by atoms with Crippen LogP contribution < -0.4 is 5.56 Å². The minimum Gasteiger partial charge on any atom is -0.505 e. The molecule has 0 unspecified atom stereocenters. The highest BCUT2D eigenvalue weighted by molar-refractivity contribution is 7.17. The zero-order chi connectivity index (χ0) is 18.3. The number of aromatic amines is 1. The molecule has 25 heavy (non-hydrogen) atoms. The number of halogens is 3. The summed E-state index contributed by atoms with van der Waals surface area (Å²) < 4.78 is 0.514. The molecule has 0 saturated carbocycles. The highest BCUT2D eigenvalue weighted by Gasteiger charge is 2.24. The van der Waals surface area contributed by atoms with Crippen LogP contribution in [0.15, 0.2) is 22.3 Å². The lowest BCUT2D eigenvalue weighted by Crippen LogP contribution is -2.28. The lowest BCUT2D eigenvalue weighted by molar-refractivity contribution is 0.0778. The summed E-state index contributed by atoms with van der Waals surface area (Å²) in [5, 5.41) is 11.7. The van der Waals surface area contributed by atoms with E-state index in [1.165, 1.54) is 29.4 Å². The van der Waals surface area contributed by atoms with Gasteiger partial charge in [0.1, 0.15) is 21.8 Å². The minimum atomic E-state index is -0.611. The number of benzene rings is 1. The van der Waals surface area contributed by atoms with E-state index in [1.54, 1.807) is 11.4 Å². The third-order valence-corrected chi connectivity index (χ3v) is 5.43. The third-order valence-electron chi connectivity index (χ3n) is 3.46. The van der Waals surface area contributed by atoms with E-state index < -0.39 is 11.7 Å². The maximum Gasteiger partial charge on any atom is 0.268 e. The molecule has 130 valence electrons. The number of phenols is 1. The van der Waals surface area contributed by atoms with Gasteiger partial charge in [0.05, 0.1) is 27.1 Å². The van der Waals surface area contributed by atoms with E-state index in [9.17, 15) is 14.7 Å². The van der Waals surface area contributed by atoms with Gasteiger partial charge >= 0.3 is 0 Å². The van der Waals surface area contributed by atoms with E-state index in [0.717, 1.165) is 0 Å². The fourth-order valence-electron chi connectivity index (χ4n) is 2.26. The molecule has 10 heteroatoms. The van der Waals surface area contributed by atoms with E-state index >= 15 is 0 Å². The molecule has 6 nitrogen and oxygen atoms in total. The number of phenolic OH excluding ortho intramolecular Hbond substituents is 1. The summed E-state index contributed by atoms with van der Waals surface area (Å²) in [6.45, 7) is -0.000237. The highest BCUT2D eigenvalue weighted by atomic mass is 35.5. The monoisotopic (exact) mass is 417 g/mol. The Kier molecular flexibility index (Phi) is 4.92. The van der Waals surface area contributed by atoms with Gasteiger partial charge in [-0.3, -0.25) is 9.59 Å². The molecule has 0 spiro atoms. The number of amides is 1. The molecule has 0 fully saturated rings. The van der Waals surface area contributed by atoms with Crippen molar-refractivity contribution in [3.8, 4) is 5.75 Å². The summed E-state index contributed by atoms with van der Waals surface area (Å²) in [6, 6.07) is 2.97. The molecule has 1 aromatic carbocycles. The van der Waals surface area contributed by atoms with Gasteiger partial charge in [-0.1, -0.05) is 34.8 Å². The molecule has 2 N–H and O–H groups in total. The molecular formula is C15H10Cl3N3O3S. The fraction of sp³-hybridized carbons (Fsp3) is 0.133. The van der Waals surface area contributed by atoms with Gasteiger partial charge in [-0.25, -0.2) is 4.98 Å². The first-order valence-corrected chi connectivity index (χ1v) is 8.89. The summed E-state index contributed by atoms with van der Waals surface area (Å²) >= 11 is 19.1. The molecule has 1 amide bonds. The van der Waals surface area contributed by atoms with Crippen LogP contribution >= 0.6 is 46.1 Å². The largest absolute Gasteiger partial charge is 0.505 e. The van der Waals surface area contributed by atoms with Crippen molar-refractivity contribution in [3.05, 3.63) is 54.3 Å². The Morgan fingerprint density at radius 3 is 2.80 bits per heavy atom. The number of fused-ring (bicyclic) bond motifs is 1. The van der Waals surface area contributed by atoms with Gasteiger partial charge in [-0.05, 0) is 17.5 Å². The van der Waals surface area contributed by atoms with Crippen LogP contribution in [0.5, 0.6) is 5.75 Å². The molecular weight excluding hydrogens is 409 g/mol. The molecule has 3 rings (SSSR count). The molecule has 0 saturated heterocycles. The second kappa shape index (κ2) is 6.84. The SMILES string of the molecule is CN(Cc1nc2ccsc2c(=O)[nH]1)C(=O)c1c(O)c(Cl)cc(Cl)c1Cl. The zero-order valence-corrected chi connectivity index (χ0v) is 15.7. The first-order valence-electron chi connectivity index (χ1n) is 6.88. The Morgan fingerprint density at radius 2 is 2.08 bits per heavy atom. The molecule has 0 bridgehead atoms. The van der Waals surface area contributed by atoms with E-state index in [4.69, 9.17) is 34.8 Å². The molecule has 2 aromatic heterocycles. The van der Waals surface area contributed by atoms with Crippen LogP contribution in [0, 0.1) is 0 Å². The molecule has 2 heterocycles.